The molecule has 9 heteroatoms. The molecule has 37 heavy (non-hydrogen) atoms. The van der Waals surface area contributed by atoms with Crippen LogP contribution in [0.3, 0.4) is 0 Å². The van der Waals surface area contributed by atoms with E-state index >= 15 is 0 Å². The zero-order chi connectivity index (χ0) is 26.8. The van der Waals surface area contributed by atoms with E-state index in [2.05, 4.69) is 6.07 Å². The quantitative estimate of drug-likeness (QED) is 0.542. The van der Waals surface area contributed by atoms with Gasteiger partial charge in [-0.15, -0.1) is 0 Å². The molecule has 2 atom stereocenters. The summed E-state index contributed by atoms with van der Waals surface area (Å²) in [6, 6.07) is 14.4. The van der Waals surface area contributed by atoms with Crippen LogP contribution >= 0.6 is 0 Å². The van der Waals surface area contributed by atoms with Gasteiger partial charge in [0.25, 0.3) is 0 Å². The number of carbonyl (C=O) groups is 1. The molecule has 2 aliphatic rings. The van der Waals surface area contributed by atoms with Crippen LogP contribution in [0.5, 0.6) is 5.75 Å². The fourth-order valence-electron chi connectivity index (χ4n) is 4.59. The number of ether oxygens (including phenoxy) is 2. The first-order chi connectivity index (χ1) is 17.5. The van der Waals surface area contributed by atoms with Crippen molar-refractivity contribution in [3.8, 4) is 11.8 Å². The summed E-state index contributed by atoms with van der Waals surface area (Å²) >= 11 is 0. The van der Waals surface area contributed by atoms with Crippen LogP contribution < -0.4 is 9.04 Å². The maximum atomic E-state index is 13.0. The van der Waals surface area contributed by atoms with Crippen molar-refractivity contribution < 1.29 is 22.7 Å². The molecule has 0 aliphatic carbocycles. The molecule has 1 fully saturated rings. The van der Waals surface area contributed by atoms with Crippen molar-refractivity contribution in [1.82, 2.24) is 4.90 Å². The molecule has 8 nitrogen and oxygen atoms in total. The second-order valence-electron chi connectivity index (χ2n) is 10.3. The highest BCUT2D eigenvalue weighted by atomic mass is 32.2. The molecule has 0 saturated carbocycles. The van der Waals surface area contributed by atoms with Crippen LogP contribution in [0.25, 0.3) is 6.08 Å². The van der Waals surface area contributed by atoms with E-state index < -0.39 is 15.6 Å². The standard InChI is InChI=1S/C28H33N3O5S/c1-5-37(33,34)31-23(10-9-20-7-6-8-21(15-20)18-29)16-22-17-24(11-12-26(22)31)35-25-13-14-30(19-25)27(32)36-28(2,3)4/h6-12,15,17,23,25H,5,13-14,16,19H2,1-4H3/b10-9+. The normalized spacial score (nSPS) is 19.6. The summed E-state index contributed by atoms with van der Waals surface area (Å²) in [6.07, 6.45) is 4.43. The first kappa shape index (κ1) is 26.6. The molecule has 2 aliphatic heterocycles. The van der Waals surface area contributed by atoms with Crippen LogP contribution in [0.4, 0.5) is 10.5 Å². The Balaban J connectivity index is 1.50. The van der Waals surface area contributed by atoms with Gasteiger partial charge >= 0.3 is 6.09 Å². The number of anilines is 1. The van der Waals surface area contributed by atoms with Crippen molar-refractivity contribution in [3.05, 3.63) is 65.2 Å². The van der Waals surface area contributed by atoms with E-state index in [4.69, 9.17) is 14.7 Å². The number of sulfonamides is 1. The predicted molar refractivity (Wildman–Crippen MR) is 143 cm³/mol. The number of nitrogens with zero attached hydrogens (tertiary/aromatic N) is 3. The van der Waals surface area contributed by atoms with Gasteiger partial charge < -0.3 is 14.4 Å². The van der Waals surface area contributed by atoms with Crippen LogP contribution in [0, 0.1) is 11.3 Å². The first-order valence-electron chi connectivity index (χ1n) is 12.5. The molecular formula is C28H33N3O5S. The minimum absolute atomic E-state index is 0.0124. The van der Waals surface area contributed by atoms with E-state index in [1.54, 1.807) is 42.2 Å². The van der Waals surface area contributed by atoms with Gasteiger partial charge in [-0.3, -0.25) is 4.31 Å². The zero-order valence-electron chi connectivity index (χ0n) is 21.7. The maximum Gasteiger partial charge on any atom is 0.410 e. The summed E-state index contributed by atoms with van der Waals surface area (Å²) in [6.45, 7) is 8.16. The van der Waals surface area contributed by atoms with Gasteiger partial charge in [0, 0.05) is 13.0 Å². The topological polar surface area (TPSA) is 99.9 Å². The predicted octanol–water partition coefficient (Wildman–Crippen LogP) is 4.74. The van der Waals surface area contributed by atoms with Crippen molar-refractivity contribution >= 4 is 27.9 Å². The second kappa shape index (κ2) is 10.5. The first-order valence-corrected chi connectivity index (χ1v) is 14.1. The Labute approximate surface area is 219 Å². The van der Waals surface area contributed by atoms with Crippen LogP contribution in [0.1, 0.15) is 50.8 Å². The third-order valence-electron chi connectivity index (χ3n) is 6.31. The number of likely N-dealkylation sites (tertiary alicyclic amines) is 1. The van der Waals surface area contributed by atoms with Crippen LogP contribution in [-0.2, 0) is 21.2 Å². The lowest BCUT2D eigenvalue weighted by Gasteiger charge is -2.25. The van der Waals surface area contributed by atoms with Gasteiger partial charge in [-0.2, -0.15) is 5.26 Å². The van der Waals surface area contributed by atoms with E-state index in [1.807, 2.05) is 45.1 Å². The number of hydrogen-bond donors (Lipinski definition) is 0. The highest BCUT2D eigenvalue weighted by Crippen LogP contribution is 2.38. The largest absolute Gasteiger partial charge is 0.489 e. The van der Waals surface area contributed by atoms with Gasteiger partial charge in [-0.05, 0) is 75.6 Å². The van der Waals surface area contributed by atoms with Gasteiger partial charge in [0.05, 0.1) is 35.7 Å². The van der Waals surface area contributed by atoms with Crippen LogP contribution in [0.2, 0.25) is 0 Å². The monoisotopic (exact) mass is 523 g/mol. The third kappa shape index (κ3) is 6.25. The molecule has 2 heterocycles. The third-order valence-corrected chi connectivity index (χ3v) is 8.11. The molecule has 2 aromatic carbocycles. The average Bonchev–Trinajstić information content (AvgIpc) is 3.46. The summed E-state index contributed by atoms with van der Waals surface area (Å²) in [4.78, 5) is 14.0. The number of nitriles is 1. The highest BCUT2D eigenvalue weighted by Gasteiger charge is 2.36. The lowest BCUT2D eigenvalue weighted by Crippen LogP contribution is -2.37. The number of hydrogen-bond acceptors (Lipinski definition) is 6. The van der Waals surface area contributed by atoms with Crippen molar-refractivity contribution in [2.45, 2.75) is 58.3 Å². The summed E-state index contributed by atoms with van der Waals surface area (Å²) in [5.74, 6) is 0.636. The Morgan fingerprint density at radius 3 is 2.70 bits per heavy atom. The van der Waals surface area contributed by atoms with Gasteiger partial charge in [0.1, 0.15) is 17.5 Å². The molecule has 0 spiro atoms. The van der Waals surface area contributed by atoms with Crippen molar-refractivity contribution in [2.24, 2.45) is 0 Å². The van der Waals surface area contributed by atoms with Gasteiger partial charge in [0.2, 0.25) is 10.0 Å². The van der Waals surface area contributed by atoms with Gasteiger partial charge in [0.15, 0.2) is 0 Å². The smallest absolute Gasteiger partial charge is 0.410 e. The summed E-state index contributed by atoms with van der Waals surface area (Å²) in [7, 11) is -3.51. The highest BCUT2D eigenvalue weighted by molar-refractivity contribution is 7.92. The number of amides is 1. The summed E-state index contributed by atoms with van der Waals surface area (Å²) < 4.78 is 39.2. The van der Waals surface area contributed by atoms with Gasteiger partial charge in [-0.1, -0.05) is 24.3 Å². The Hall–Kier alpha value is -3.51. The van der Waals surface area contributed by atoms with E-state index in [-0.39, 0.29) is 24.0 Å². The maximum absolute atomic E-state index is 13.0. The van der Waals surface area contributed by atoms with E-state index in [0.717, 1.165) is 11.1 Å². The van der Waals surface area contributed by atoms with Crippen molar-refractivity contribution in [2.75, 3.05) is 23.1 Å². The molecule has 2 aromatic rings. The Morgan fingerprint density at radius 1 is 1.22 bits per heavy atom. The number of carbonyl (C=O) groups excluding carboxylic acids is 1. The fourth-order valence-corrected chi connectivity index (χ4v) is 5.90. The van der Waals surface area contributed by atoms with Crippen molar-refractivity contribution in [3.63, 3.8) is 0 Å². The fraction of sp³-hybridized carbons (Fsp3) is 0.429. The molecule has 196 valence electrons. The van der Waals surface area contributed by atoms with E-state index in [0.29, 0.717) is 42.9 Å². The van der Waals surface area contributed by atoms with Crippen molar-refractivity contribution in [1.29, 1.82) is 5.26 Å². The van der Waals surface area contributed by atoms with E-state index in [1.165, 1.54) is 4.31 Å². The molecular weight excluding hydrogens is 490 g/mol. The van der Waals surface area contributed by atoms with Gasteiger partial charge in [-0.25, -0.2) is 13.2 Å². The molecule has 0 bridgehead atoms. The lowest BCUT2D eigenvalue weighted by atomic mass is 10.1. The number of benzene rings is 2. The Bertz CT molecular complexity index is 1340. The molecule has 0 N–H and O–H groups in total. The second-order valence-corrected chi connectivity index (χ2v) is 12.4. The summed E-state index contributed by atoms with van der Waals surface area (Å²) in [5.41, 5.74) is 2.37. The average molecular weight is 524 g/mol. The minimum Gasteiger partial charge on any atom is -0.489 e. The van der Waals surface area contributed by atoms with Crippen LogP contribution in [0.15, 0.2) is 48.5 Å². The minimum atomic E-state index is -3.51. The van der Waals surface area contributed by atoms with E-state index in [9.17, 15) is 13.2 Å². The zero-order valence-corrected chi connectivity index (χ0v) is 22.5. The molecule has 4 rings (SSSR count). The lowest BCUT2D eigenvalue weighted by molar-refractivity contribution is 0.0275. The molecule has 0 radical (unpaired) electrons. The summed E-state index contributed by atoms with van der Waals surface area (Å²) in [5, 5.41) is 9.16. The SMILES string of the molecule is CCS(=O)(=O)N1c2ccc(OC3CCN(C(=O)OC(C)(C)C)C3)cc2CC1/C=C/c1cccc(C#N)c1. The molecule has 2 unspecified atom stereocenters. The number of fused-ring (bicyclic) bond motifs is 1. The molecule has 1 amide bonds. The number of rotatable bonds is 6. The van der Waals surface area contributed by atoms with Crippen LogP contribution in [-0.4, -0.2) is 56.0 Å². The Morgan fingerprint density at radius 2 is 2.00 bits per heavy atom. The molecule has 1 saturated heterocycles. The molecule has 0 aromatic heterocycles. The Kier molecular flexibility index (Phi) is 7.51.